The van der Waals surface area contributed by atoms with E-state index in [1.165, 1.54) is 17.0 Å². The van der Waals surface area contributed by atoms with Gasteiger partial charge in [-0.05, 0) is 24.6 Å². The highest BCUT2D eigenvalue weighted by Gasteiger charge is 2.38. The van der Waals surface area contributed by atoms with E-state index in [1.807, 2.05) is 0 Å². The van der Waals surface area contributed by atoms with Gasteiger partial charge < -0.3 is 0 Å². The summed E-state index contributed by atoms with van der Waals surface area (Å²) in [7, 11) is 0. The lowest BCUT2D eigenvalue weighted by molar-refractivity contribution is -0.114. The van der Waals surface area contributed by atoms with Crippen molar-refractivity contribution in [3.63, 3.8) is 0 Å². The van der Waals surface area contributed by atoms with Gasteiger partial charge in [-0.15, -0.1) is 0 Å². The number of ketones is 1. The minimum absolute atomic E-state index is 0.0679. The molecule has 2 aromatic carbocycles. The molecule has 3 rings (SSSR count). The number of amides is 1. The fourth-order valence-electron chi connectivity index (χ4n) is 2.65. The Hall–Kier alpha value is -2.07. The van der Waals surface area contributed by atoms with Crippen LogP contribution in [0.5, 0.6) is 0 Å². The molecule has 0 atom stereocenters. The molecule has 0 radical (unpaired) electrons. The van der Waals surface area contributed by atoms with E-state index in [9.17, 15) is 9.59 Å². The standard InChI is InChI=1S/C19H12Cl3NO2/c1-10-11(2)23(16-9-14(21)13(20)8-15(16)22)19(25)17(10)18(24)12-6-4-3-5-7-12/h3-9H,2H2,1H3. The van der Waals surface area contributed by atoms with Gasteiger partial charge >= 0.3 is 0 Å². The van der Waals surface area contributed by atoms with Gasteiger partial charge in [0.1, 0.15) is 0 Å². The van der Waals surface area contributed by atoms with Crippen LogP contribution in [-0.2, 0) is 4.79 Å². The van der Waals surface area contributed by atoms with Crippen LogP contribution in [0.25, 0.3) is 0 Å². The average molecular weight is 393 g/mol. The summed E-state index contributed by atoms with van der Waals surface area (Å²) >= 11 is 18.2. The maximum atomic E-state index is 12.9. The van der Waals surface area contributed by atoms with Crippen molar-refractivity contribution < 1.29 is 9.59 Å². The van der Waals surface area contributed by atoms with Crippen LogP contribution in [-0.4, -0.2) is 11.7 Å². The van der Waals surface area contributed by atoms with E-state index in [4.69, 9.17) is 34.8 Å². The SMILES string of the molecule is C=C1C(C)=C(C(=O)c2ccccc2)C(=O)N1c1cc(Cl)c(Cl)cc1Cl. The fourth-order valence-corrected chi connectivity index (χ4v) is 3.27. The number of allylic oxidation sites excluding steroid dienone is 1. The molecule has 0 aliphatic carbocycles. The molecule has 0 aromatic heterocycles. The second-order valence-electron chi connectivity index (χ2n) is 5.50. The molecule has 0 saturated heterocycles. The number of hydrogen-bond donors (Lipinski definition) is 0. The topological polar surface area (TPSA) is 37.4 Å². The second-order valence-corrected chi connectivity index (χ2v) is 6.72. The molecule has 3 nitrogen and oxygen atoms in total. The minimum atomic E-state index is -0.489. The van der Waals surface area contributed by atoms with Crippen LogP contribution in [0.1, 0.15) is 17.3 Å². The van der Waals surface area contributed by atoms with Gasteiger partial charge in [0.25, 0.3) is 5.91 Å². The molecular formula is C19H12Cl3NO2. The van der Waals surface area contributed by atoms with Crippen molar-refractivity contribution in [3.05, 3.63) is 86.5 Å². The third-order valence-electron chi connectivity index (χ3n) is 3.99. The molecule has 0 saturated carbocycles. The molecule has 6 heteroatoms. The largest absolute Gasteiger partial charge is 0.288 e. The number of anilines is 1. The van der Waals surface area contributed by atoms with E-state index in [0.29, 0.717) is 22.5 Å². The molecular weight excluding hydrogens is 381 g/mol. The van der Waals surface area contributed by atoms with Crippen LogP contribution in [0.15, 0.2) is 65.9 Å². The molecule has 0 bridgehead atoms. The van der Waals surface area contributed by atoms with E-state index in [1.54, 1.807) is 37.3 Å². The number of carbonyl (C=O) groups excluding carboxylic acids is 2. The zero-order chi connectivity index (χ0) is 18.3. The summed E-state index contributed by atoms with van der Waals surface area (Å²) in [6.07, 6.45) is 0. The Morgan fingerprint density at radius 2 is 1.60 bits per heavy atom. The summed E-state index contributed by atoms with van der Waals surface area (Å²) in [5.74, 6) is -0.848. The van der Waals surface area contributed by atoms with Gasteiger partial charge in [-0.25, -0.2) is 0 Å². The van der Waals surface area contributed by atoms with E-state index < -0.39 is 5.91 Å². The van der Waals surface area contributed by atoms with Crippen molar-refractivity contribution >= 4 is 52.2 Å². The van der Waals surface area contributed by atoms with E-state index in [2.05, 4.69) is 6.58 Å². The molecule has 1 aliphatic heterocycles. The Morgan fingerprint density at radius 1 is 1.00 bits per heavy atom. The van der Waals surface area contributed by atoms with Crippen molar-refractivity contribution in [1.29, 1.82) is 0 Å². The number of Topliss-reactive ketones (excluding diaryl/α,β-unsaturated/α-hetero) is 1. The third kappa shape index (κ3) is 2.99. The minimum Gasteiger partial charge on any atom is -0.288 e. The van der Waals surface area contributed by atoms with Crippen LogP contribution >= 0.6 is 34.8 Å². The number of rotatable bonds is 3. The van der Waals surface area contributed by atoms with Crippen LogP contribution in [0.4, 0.5) is 5.69 Å². The first-order chi connectivity index (χ1) is 11.8. The van der Waals surface area contributed by atoms with Crippen LogP contribution in [0.3, 0.4) is 0 Å². The lowest BCUT2D eigenvalue weighted by Gasteiger charge is -2.20. The number of halogens is 3. The Labute approximate surface area is 160 Å². The molecule has 2 aromatic rings. The van der Waals surface area contributed by atoms with Crippen LogP contribution < -0.4 is 4.90 Å². The van der Waals surface area contributed by atoms with E-state index in [0.717, 1.165) is 0 Å². The Morgan fingerprint density at radius 3 is 2.24 bits per heavy atom. The summed E-state index contributed by atoms with van der Waals surface area (Å²) in [5.41, 5.74) is 1.71. The van der Waals surface area contributed by atoms with Gasteiger partial charge in [-0.1, -0.05) is 71.7 Å². The van der Waals surface area contributed by atoms with Crippen LogP contribution in [0.2, 0.25) is 15.1 Å². The summed E-state index contributed by atoms with van der Waals surface area (Å²) in [6, 6.07) is 11.5. The van der Waals surface area contributed by atoms with Crippen molar-refractivity contribution in [3.8, 4) is 0 Å². The van der Waals surface area contributed by atoms with Crippen molar-refractivity contribution in [2.75, 3.05) is 4.90 Å². The third-order valence-corrected chi connectivity index (χ3v) is 5.01. The predicted molar refractivity (Wildman–Crippen MR) is 102 cm³/mol. The second kappa shape index (κ2) is 6.68. The molecule has 126 valence electrons. The van der Waals surface area contributed by atoms with Gasteiger partial charge in [0.05, 0.1) is 26.3 Å². The molecule has 25 heavy (non-hydrogen) atoms. The molecule has 1 heterocycles. The van der Waals surface area contributed by atoms with E-state index >= 15 is 0 Å². The maximum Gasteiger partial charge on any atom is 0.267 e. The van der Waals surface area contributed by atoms with Crippen LogP contribution in [0, 0.1) is 0 Å². The Balaban J connectivity index is 2.06. The molecule has 1 aliphatic rings. The van der Waals surface area contributed by atoms with Crippen molar-refractivity contribution in [1.82, 2.24) is 0 Å². The van der Waals surface area contributed by atoms with Gasteiger partial charge in [0, 0.05) is 11.3 Å². The smallest absolute Gasteiger partial charge is 0.267 e. The van der Waals surface area contributed by atoms with Gasteiger partial charge in [-0.3, -0.25) is 14.5 Å². The van der Waals surface area contributed by atoms with Crippen molar-refractivity contribution in [2.24, 2.45) is 0 Å². The highest BCUT2D eigenvalue weighted by molar-refractivity contribution is 6.44. The summed E-state index contributed by atoms with van der Waals surface area (Å²) in [5, 5.41) is 0.769. The Bertz CT molecular complexity index is 949. The monoisotopic (exact) mass is 391 g/mol. The van der Waals surface area contributed by atoms with Gasteiger partial charge in [0.2, 0.25) is 0 Å². The maximum absolute atomic E-state index is 12.9. The first-order valence-electron chi connectivity index (χ1n) is 7.31. The number of nitrogens with zero attached hydrogens (tertiary/aromatic N) is 1. The highest BCUT2D eigenvalue weighted by atomic mass is 35.5. The molecule has 0 spiro atoms. The summed E-state index contributed by atoms with van der Waals surface area (Å²) in [6.45, 7) is 5.61. The number of hydrogen-bond acceptors (Lipinski definition) is 2. The summed E-state index contributed by atoms with van der Waals surface area (Å²) in [4.78, 5) is 27.0. The Kier molecular flexibility index (Phi) is 4.74. The first kappa shape index (κ1) is 17.7. The lowest BCUT2D eigenvalue weighted by Crippen LogP contribution is -2.27. The fraction of sp³-hybridized carbons (Fsp3) is 0.0526. The average Bonchev–Trinajstić information content (AvgIpc) is 2.81. The van der Waals surface area contributed by atoms with Crippen molar-refractivity contribution in [2.45, 2.75) is 6.92 Å². The predicted octanol–water partition coefficient (Wildman–Crippen LogP) is 5.71. The molecule has 0 unspecified atom stereocenters. The zero-order valence-corrected chi connectivity index (χ0v) is 15.4. The highest BCUT2D eigenvalue weighted by Crippen LogP contribution is 2.41. The van der Waals surface area contributed by atoms with E-state index in [-0.39, 0.29) is 26.4 Å². The molecule has 0 fully saturated rings. The molecule has 0 N–H and O–H groups in total. The molecule has 1 amide bonds. The first-order valence-corrected chi connectivity index (χ1v) is 8.45. The van der Waals surface area contributed by atoms with Gasteiger partial charge in [-0.2, -0.15) is 0 Å². The quantitative estimate of drug-likeness (QED) is 0.381. The number of carbonyl (C=O) groups is 2. The van der Waals surface area contributed by atoms with Gasteiger partial charge in [0.15, 0.2) is 5.78 Å². The number of benzene rings is 2. The lowest BCUT2D eigenvalue weighted by atomic mass is 10.0. The zero-order valence-electron chi connectivity index (χ0n) is 13.1. The normalized spacial score (nSPS) is 14.5. The summed E-state index contributed by atoms with van der Waals surface area (Å²) < 4.78 is 0.